The first-order valence-corrected chi connectivity index (χ1v) is 9.07. The summed E-state index contributed by atoms with van der Waals surface area (Å²) in [5, 5.41) is 1.29. The van der Waals surface area contributed by atoms with Gasteiger partial charge in [0, 0.05) is 0 Å². The fourth-order valence-electron chi connectivity index (χ4n) is 4.33. The van der Waals surface area contributed by atoms with Crippen LogP contribution < -0.4 is 4.57 Å². The highest BCUT2D eigenvalue weighted by Gasteiger charge is 2.25. The van der Waals surface area contributed by atoms with Gasteiger partial charge >= 0.3 is 5.78 Å². The van der Waals surface area contributed by atoms with Crippen LogP contribution in [-0.4, -0.2) is 13.8 Å². The van der Waals surface area contributed by atoms with Crippen LogP contribution in [0.25, 0.3) is 33.4 Å². The minimum Gasteiger partial charge on any atom is -0.258 e. The minimum absolute atomic E-state index is 0.104. The number of para-hydroxylation sites is 2. The summed E-state index contributed by atoms with van der Waals surface area (Å²) in [6, 6.07) is 12.9. The molecule has 3 aromatic heterocycles. The van der Waals surface area contributed by atoms with E-state index in [9.17, 15) is 0 Å². The molecule has 0 unspecified atom stereocenters. The van der Waals surface area contributed by atoms with Crippen molar-refractivity contribution in [3.8, 4) is 0 Å². The van der Waals surface area contributed by atoms with Crippen LogP contribution in [0, 0.1) is 6.92 Å². The Balaban J connectivity index is 2.15. The molecule has 0 aliphatic carbocycles. The Bertz CT molecular complexity index is 1330. The van der Waals surface area contributed by atoms with Crippen LogP contribution in [0.3, 0.4) is 0 Å². The molecule has 0 spiro atoms. The van der Waals surface area contributed by atoms with E-state index in [0.29, 0.717) is 0 Å². The van der Waals surface area contributed by atoms with Crippen LogP contribution >= 0.6 is 0 Å². The number of imidazole rings is 2. The van der Waals surface area contributed by atoms with Crippen LogP contribution in [0.2, 0.25) is 0 Å². The Morgan fingerprint density at radius 1 is 1.00 bits per heavy atom. The molecule has 3 heterocycles. The molecule has 0 aliphatic rings. The zero-order valence-electron chi connectivity index (χ0n) is 15.9. The highest BCUT2D eigenvalue weighted by Crippen LogP contribution is 2.34. The van der Waals surface area contributed by atoms with E-state index in [-0.39, 0.29) is 5.41 Å². The first kappa shape index (κ1) is 15.4. The second kappa shape index (κ2) is 4.85. The van der Waals surface area contributed by atoms with Gasteiger partial charge in [0.1, 0.15) is 12.4 Å². The lowest BCUT2D eigenvalue weighted by molar-refractivity contribution is -0.643. The maximum Gasteiger partial charge on any atom is 0.312 e. The van der Waals surface area contributed by atoms with Crippen LogP contribution in [0.4, 0.5) is 0 Å². The van der Waals surface area contributed by atoms with Gasteiger partial charge in [-0.3, -0.25) is 4.40 Å². The molecule has 0 atom stereocenters. The molecule has 0 N–H and O–H groups in total. The predicted molar refractivity (Wildman–Crippen MR) is 106 cm³/mol. The maximum absolute atomic E-state index is 4.92. The summed E-state index contributed by atoms with van der Waals surface area (Å²) in [6.07, 6.45) is 4.22. The van der Waals surface area contributed by atoms with E-state index in [4.69, 9.17) is 4.98 Å². The van der Waals surface area contributed by atoms with Crippen molar-refractivity contribution < 1.29 is 4.57 Å². The highest BCUT2D eigenvalue weighted by atomic mass is 15.2. The molecule has 4 nitrogen and oxygen atoms in total. The van der Waals surface area contributed by atoms with Crippen molar-refractivity contribution in [1.29, 1.82) is 0 Å². The first-order chi connectivity index (χ1) is 12.4. The molecule has 0 amide bonds. The summed E-state index contributed by atoms with van der Waals surface area (Å²) < 4.78 is 6.69. The number of fused-ring (bicyclic) bond motifs is 8. The lowest BCUT2D eigenvalue weighted by atomic mass is 9.83. The van der Waals surface area contributed by atoms with E-state index in [1.807, 2.05) is 6.07 Å². The molecule has 2 aromatic carbocycles. The number of rotatable bonds is 0. The average molecular weight is 343 g/mol. The molecule has 0 radical (unpaired) electrons. The van der Waals surface area contributed by atoms with Crippen LogP contribution in [0.15, 0.2) is 48.8 Å². The molecule has 0 aliphatic heterocycles. The van der Waals surface area contributed by atoms with Gasteiger partial charge in [-0.15, -0.1) is 0 Å². The molecule has 4 heteroatoms. The summed E-state index contributed by atoms with van der Waals surface area (Å²) in [6.45, 7) is 9.09. The normalized spacial score (nSPS) is 12.8. The van der Waals surface area contributed by atoms with Gasteiger partial charge < -0.3 is 0 Å². The van der Waals surface area contributed by atoms with Crippen molar-refractivity contribution >= 4 is 33.4 Å². The largest absolute Gasteiger partial charge is 0.312 e. The SMILES string of the molecule is Cc1c(C(C)(C)C)ccc2c1c1n(cc[n+]1C)c1nc3ccccc3n21. The zero-order valence-corrected chi connectivity index (χ0v) is 15.9. The van der Waals surface area contributed by atoms with Crippen molar-refractivity contribution in [3.63, 3.8) is 0 Å². The molecule has 130 valence electrons. The Morgan fingerprint density at radius 2 is 1.77 bits per heavy atom. The number of aryl methyl sites for hydroxylation is 2. The van der Waals surface area contributed by atoms with Crippen molar-refractivity contribution in [2.24, 2.45) is 7.05 Å². The first-order valence-electron chi connectivity index (χ1n) is 9.07. The summed E-state index contributed by atoms with van der Waals surface area (Å²) >= 11 is 0. The van der Waals surface area contributed by atoms with E-state index in [0.717, 1.165) is 16.8 Å². The molecule has 26 heavy (non-hydrogen) atoms. The number of benzene rings is 2. The van der Waals surface area contributed by atoms with E-state index < -0.39 is 0 Å². The third-order valence-electron chi connectivity index (χ3n) is 5.48. The van der Waals surface area contributed by atoms with Gasteiger partial charge in [0.05, 0.1) is 29.0 Å². The topological polar surface area (TPSA) is 25.6 Å². The van der Waals surface area contributed by atoms with Crippen LogP contribution in [0.1, 0.15) is 31.9 Å². The van der Waals surface area contributed by atoms with Gasteiger partial charge in [0.15, 0.2) is 0 Å². The smallest absolute Gasteiger partial charge is 0.258 e. The second-order valence-corrected chi connectivity index (χ2v) is 8.22. The molecule has 5 aromatic rings. The predicted octanol–water partition coefficient (Wildman–Crippen LogP) is 4.32. The zero-order chi connectivity index (χ0) is 18.2. The van der Waals surface area contributed by atoms with Crippen LogP contribution in [0.5, 0.6) is 0 Å². The monoisotopic (exact) mass is 343 g/mol. The minimum atomic E-state index is 0.104. The number of hydrogen-bond acceptors (Lipinski definition) is 1. The number of nitrogens with zero attached hydrogens (tertiary/aromatic N) is 4. The van der Waals surface area contributed by atoms with E-state index in [2.05, 4.69) is 90.8 Å². The Labute approximate surface area is 152 Å². The fraction of sp³-hybridized carbons (Fsp3) is 0.273. The summed E-state index contributed by atoms with van der Waals surface area (Å²) in [7, 11) is 2.11. The average Bonchev–Trinajstić information content (AvgIpc) is 3.15. The summed E-state index contributed by atoms with van der Waals surface area (Å²) in [5.74, 6) is 0.956. The Hall–Kier alpha value is -2.88. The second-order valence-electron chi connectivity index (χ2n) is 8.22. The fourth-order valence-corrected chi connectivity index (χ4v) is 4.33. The molecule has 0 saturated heterocycles. The molecule has 0 saturated carbocycles. The van der Waals surface area contributed by atoms with Crippen molar-refractivity contribution in [2.75, 3.05) is 0 Å². The highest BCUT2D eigenvalue weighted by molar-refractivity contribution is 5.99. The molecule has 5 rings (SSSR count). The van der Waals surface area contributed by atoms with E-state index in [1.165, 1.54) is 27.7 Å². The van der Waals surface area contributed by atoms with E-state index >= 15 is 0 Å². The van der Waals surface area contributed by atoms with Gasteiger partial charge in [-0.25, -0.2) is 4.57 Å². The lowest BCUT2D eigenvalue weighted by Crippen LogP contribution is -2.27. The number of aromatic nitrogens is 4. The quantitative estimate of drug-likeness (QED) is 0.384. The standard InChI is InChI=1S/C22H23N4/c1-14-15(22(2,3)4)10-11-18-19(14)20-24(5)12-13-25(20)21-23-16-8-6-7-9-17(16)26(18)21/h6-13H,1-5H3/q+1. The summed E-state index contributed by atoms with van der Waals surface area (Å²) in [4.78, 5) is 4.92. The molecular formula is C22H23N4+. The molecule has 0 bridgehead atoms. The third-order valence-corrected chi connectivity index (χ3v) is 5.48. The van der Waals surface area contributed by atoms with E-state index in [1.54, 1.807) is 0 Å². The summed E-state index contributed by atoms with van der Waals surface area (Å²) in [5.41, 5.74) is 7.40. The lowest BCUT2D eigenvalue weighted by Gasteiger charge is -2.22. The molecule has 0 fully saturated rings. The Morgan fingerprint density at radius 3 is 2.54 bits per heavy atom. The van der Waals surface area contributed by atoms with Crippen molar-refractivity contribution in [2.45, 2.75) is 33.1 Å². The van der Waals surface area contributed by atoms with Crippen molar-refractivity contribution in [1.82, 2.24) is 13.8 Å². The van der Waals surface area contributed by atoms with Gasteiger partial charge in [-0.1, -0.05) is 39.0 Å². The van der Waals surface area contributed by atoms with Crippen LogP contribution in [-0.2, 0) is 12.5 Å². The maximum atomic E-state index is 4.92. The van der Waals surface area contributed by atoms with Gasteiger partial charge in [-0.2, -0.15) is 9.38 Å². The van der Waals surface area contributed by atoms with Gasteiger partial charge in [-0.05, 0) is 41.7 Å². The molecular weight excluding hydrogens is 320 g/mol. The van der Waals surface area contributed by atoms with Gasteiger partial charge in [0.25, 0.3) is 5.65 Å². The third kappa shape index (κ3) is 1.84. The van der Waals surface area contributed by atoms with Gasteiger partial charge in [0.2, 0.25) is 0 Å². The van der Waals surface area contributed by atoms with Crippen molar-refractivity contribution in [3.05, 3.63) is 59.9 Å². The Kier molecular flexibility index (Phi) is 2.87. The number of hydrogen-bond donors (Lipinski definition) is 0.